The third kappa shape index (κ3) is 3.40. The van der Waals surface area contributed by atoms with E-state index in [0.717, 1.165) is 11.6 Å². The van der Waals surface area contributed by atoms with Crippen molar-refractivity contribution in [3.05, 3.63) is 58.7 Å². The smallest absolute Gasteiger partial charge is 0.255 e. The first kappa shape index (κ1) is 15.5. The summed E-state index contributed by atoms with van der Waals surface area (Å²) in [7, 11) is 0. The van der Waals surface area contributed by atoms with Crippen molar-refractivity contribution in [2.45, 2.75) is 18.7 Å². The zero-order chi connectivity index (χ0) is 15.6. The molecule has 0 atom stereocenters. The van der Waals surface area contributed by atoms with Gasteiger partial charge in [-0.1, -0.05) is 0 Å². The summed E-state index contributed by atoms with van der Waals surface area (Å²) >= 11 is 0.225. The summed E-state index contributed by atoms with van der Waals surface area (Å²) < 4.78 is 35.8. The Bertz CT molecular complexity index is 681. The molecule has 6 heteroatoms. The van der Waals surface area contributed by atoms with Gasteiger partial charge in [0.2, 0.25) is 0 Å². The molecule has 0 saturated heterocycles. The average molecular weight is 309 g/mol. The maximum absolute atomic E-state index is 13.6. The SMILES string of the molecule is Cc1cc(NC(=O)c2ccc(F)c(SO)c2)cc(F)c1C. The minimum Gasteiger partial charge on any atom is -0.325 e. The first-order valence-corrected chi connectivity index (χ1v) is 6.88. The molecule has 1 amide bonds. The van der Waals surface area contributed by atoms with Crippen LogP contribution >= 0.6 is 12.0 Å². The number of hydrogen-bond donors (Lipinski definition) is 2. The van der Waals surface area contributed by atoms with Gasteiger partial charge in [-0.2, -0.15) is 0 Å². The number of rotatable bonds is 3. The lowest BCUT2D eigenvalue weighted by atomic mass is 10.1. The van der Waals surface area contributed by atoms with Crippen LogP contribution in [0.3, 0.4) is 0 Å². The Hall–Kier alpha value is -1.92. The van der Waals surface area contributed by atoms with Crippen LogP contribution in [0.15, 0.2) is 35.2 Å². The molecule has 2 rings (SSSR count). The van der Waals surface area contributed by atoms with E-state index in [0.29, 0.717) is 11.3 Å². The third-order valence-electron chi connectivity index (χ3n) is 3.15. The number of hydrogen-bond acceptors (Lipinski definition) is 3. The fourth-order valence-electron chi connectivity index (χ4n) is 1.81. The minimum absolute atomic E-state index is 0.0473. The second kappa shape index (κ2) is 6.24. The van der Waals surface area contributed by atoms with Crippen LogP contribution in [0.4, 0.5) is 14.5 Å². The summed E-state index contributed by atoms with van der Waals surface area (Å²) in [6.45, 7) is 3.40. The number of carbonyl (C=O) groups excluding carboxylic acids is 1. The molecule has 0 aliphatic heterocycles. The summed E-state index contributed by atoms with van der Waals surface area (Å²) in [4.78, 5) is 12.0. The van der Waals surface area contributed by atoms with Gasteiger partial charge in [0.05, 0.1) is 4.90 Å². The van der Waals surface area contributed by atoms with E-state index < -0.39 is 17.5 Å². The number of nitrogens with one attached hydrogen (secondary N) is 1. The van der Waals surface area contributed by atoms with Gasteiger partial charge in [0, 0.05) is 23.3 Å². The van der Waals surface area contributed by atoms with Crippen LogP contribution in [0.25, 0.3) is 0 Å². The highest BCUT2D eigenvalue weighted by atomic mass is 32.2. The number of benzene rings is 2. The Morgan fingerprint density at radius 1 is 1.14 bits per heavy atom. The molecule has 3 nitrogen and oxygen atoms in total. The predicted molar refractivity (Wildman–Crippen MR) is 78.7 cm³/mol. The van der Waals surface area contributed by atoms with Crippen LogP contribution in [-0.2, 0) is 0 Å². The number of halogens is 2. The molecule has 110 valence electrons. The maximum Gasteiger partial charge on any atom is 0.255 e. The van der Waals surface area contributed by atoms with E-state index >= 15 is 0 Å². The lowest BCUT2D eigenvalue weighted by Crippen LogP contribution is -2.12. The fourth-order valence-corrected chi connectivity index (χ4v) is 2.14. The third-order valence-corrected chi connectivity index (χ3v) is 3.66. The van der Waals surface area contributed by atoms with Crippen LogP contribution in [0, 0.1) is 25.5 Å². The molecule has 0 saturated carbocycles. The van der Waals surface area contributed by atoms with Gasteiger partial charge in [-0.05, 0) is 55.3 Å². The normalized spacial score (nSPS) is 10.5. The predicted octanol–water partition coefficient (Wildman–Crippen LogP) is 4.40. The van der Waals surface area contributed by atoms with E-state index in [9.17, 15) is 13.6 Å². The Morgan fingerprint density at radius 3 is 2.48 bits per heavy atom. The molecule has 0 bridgehead atoms. The molecule has 0 heterocycles. The first-order chi connectivity index (χ1) is 9.92. The van der Waals surface area contributed by atoms with E-state index in [1.54, 1.807) is 19.9 Å². The van der Waals surface area contributed by atoms with Crippen LogP contribution in [0.5, 0.6) is 0 Å². The topological polar surface area (TPSA) is 49.3 Å². The molecular weight excluding hydrogens is 296 g/mol. The molecule has 0 aromatic heterocycles. The highest BCUT2D eigenvalue weighted by Crippen LogP contribution is 2.22. The zero-order valence-corrected chi connectivity index (χ0v) is 12.2. The highest BCUT2D eigenvalue weighted by molar-refractivity contribution is 7.93. The lowest BCUT2D eigenvalue weighted by Gasteiger charge is -2.09. The van der Waals surface area contributed by atoms with Crippen molar-refractivity contribution in [1.82, 2.24) is 0 Å². The standard InChI is InChI=1S/C15H13F2NO2S/c1-8-5-11(7-13(17)9(8)2)18-15(19)10-3-4-12(16)14(6-10)21-20/h3-7,20H,1-2H3,(H,18,19). The van der Waals surface area contributed by atoms with Crippen molar-refractivity contribution in [1.29, 1.82) is 0 Å². The molecule has 0 aliphatic carbocycles. The average Bonchev–Trinajstić information content (AvgIpc) is 2.45. The number of amides is 1. The quantitative estimate of drug-likeness (QED) is 0.826. The number of carbonyl (C=O) groups is 1. The molecule has 0 radical (unpaired) electrons. The van der Waals surface area contributed by atoms with E-state index in [2.05, 4.69) is 5.32 Å². The lowest BCUT2D eigenvalue weighted by molar-refractivity contribution is 0.102. The Kier molecular flexibility index (Phi) is 4.59. The minimum atomic E-state index is -0.615. The van der Waals surface area contributed by atoms with Crippen molar-refractivity contribution in [3.8, 4) is 0 Å². The molecule has 0 spiro atoms. The van der Waals surface area contributed by atoms with Crippen molar-refractivity contribution in [3.63, 3.8) is 0 Å². The van der Waals surface area contributed by atoms with E-state index in [1.807, 2.05) is 0 Å². The maximum atomic E-state index is 13.6. The summed E-state index contributed by atoms with van der Waals surface area (Å²) in [5.74, 6) is -1.53. The zero-order valence-electron chi connectivity index (χ0n) is 11.4. The van der Waals surface area contributed by atoms with E-state index in [4.69, 9.17) is 4.55 Å². The second-order valence-electron chi connectivity index (χ2n) is 4.59. The highest BCUT2D eigenvalue weighted by Gasteiger charge is 2.12. The van der Waals surface area contributed by atoms with Crippen LogP contribution in [0.1, 0.15) is 21.5 Å². The van der Waals surface area contributed by atoms with Crippen molar-refractivity contribution in [2.24, 2.45) is 0 Å². The van der Waals surface area contributed by atoms with Crippen LogP contribution in [0.2, 0.25) is 0 Å². The fraction of sp³-hybridized carbons (Fsp3) is 0.133. The largest absolute Gasteiger partial charge is 0.325 e. The van der Waals surface area contributed by atoms with Gasteiger partial charge in [0.15, 0.2) is 0 Å². The van der Waals surface area contributed by atoms with Crippen LogP contribution < -0.4 is 5.32 Å². The summed E-state index contributed by atoms with van der Waals surface area (Å²) in [5, 5.41) is 2.55. The van der Waals surface area contributed by atoms with Gasteiger partial charge in [0.25, 0.3) is 5.91 Å². The Morgan fingerprint density at radius 2 is 1.86 bits per heavy atom. The summed E-state index contributed by atoms with van der Waals surface area (Å²) in [5.41, 5.74) is 1.74. The molecule has 21 heavy (non-hydrogen) atoms. The van der Waals surface area contributed by atoms with Crippen molar-refractivity contribution in [2.75, 3.05) is 5.32 Å². The first-order valence-electron chi connectivity index (χ1n) is 6.11. The Balaban J connectivity index is 2.26. The number of anilines is 1. The molecule has 0 unspecified atom stereocenters. The second-order valence-corrected chi connectivity index (χ2v) is 5.21. The summed E-state index contributed by atoms with van der Waals surface area (Å²) in [6.07, 6.45) is 0. The van der Waals surface area contributed by atoms with E-state index in [1.165, 1.54) is 18.2 Å². The molecule has 0 fully saturated rings. The molecule has 2 aromatic carbocycles. The van der Waals surface area contributed by atoms with Gasteiger partial charge >= 0.3 is 0 Å². The van der Waals surface area contributed by atoms with Crippen molar-refractivity contribution < 1.29 is 18.1 Å². The molecule has 2 N–H and O–H groups in total. The summed E-state index contributed by atoms with van der Waals surface area (Å²) in [6, 6.07) is 6.50. The van der Waals surface area contributed by atoms with Gasteiger partial charge in [-0.25, -0.2) is 8.78 Å². The van der Waals surface area contributed by atoms with Crippen molar-refractivity contribution >= 4 is 23.6 Å². The molecule has 2 aromatic rings. The monoisotopic (exact) mass is 309 g/mol. The van der Waals surface area contributed by atoms with Gasteiger partial charge < -0.3 is 9.87 Å². The van der Waals surface area contributed by atoms with Crippen LogP contribution in [-0.4, -0.2) is 10.5 Å². The molecule has 0 aliphatic rings. The van der Waals surface area contributed by atoms with Gasteiger partial charge in [-0.3, -0.25) is 4.79 Å². The van der Waals surface area contributed by atoms with Gasteiger partial charge in [-0.15, -0.1) is 0 Å². The number of aryl methyl sites for hydroxylation is 1. The van der Waals surface area contributed by atoms with Gasteiger partial charge in [0.1, 0.15) is 11.6 Å². The van der Waals surface area contributed by atoms with E-state index in [-0.39, 0.29) is 22.5 Å². The Labute approximate surface area is 125 Å². The molecular formula is C15H13F2NO2S.